The Bertz CT molecular complexity index is 941. The van der Waals surface area contributed by atoms with E-state index in [9.17, 15) is 4.79 Å². The highest BCUT2D eigenvalue weighted by Crippen LogP contribution is 2.54. The van der Waals surface area contributed by atoms with Gasteiger partial charge in [-0.3, -0.25) is 9.69 Å². The quantitative estimate of drug-likeness (QED) is 0.747. The molecular weight excluding hydrogens is 372 g/mol. The number of hydrogen-bond acceptors (Lipinski definition) is 3. The Hall–Kier alpha value is -2.43. The second kappa shape index (κ2) is 8.01. The highest BCUT2D eigenvalue weighted by atomic mass is 16.5. The van der Waals surface area contributed by atoms with Gasteiger partial charge in [0.15, 0.2) is 0 Å². The summed E-state index contributed by atoms with van der Waals surface area (Å²) in [4.78, 5) is 14.9. The minimum Gasteiger partial charge on any atom is -0.370 e. The van der Waals surface area contributed by atoms with Gasteiger partial charge in [0.1, 0.15) is 0 Å². The van der Waals surface area contributed by atoms with Crippen molar-refractivity contribution in [2.45, 2.75) is 38.0 Å². The molecule has 0 unspecified atom stereocenters. The van der Waals surface area contributed by atoms with Crippen molar-refractivity contribution in [2.75, 3.05) is 19.6 Å². The maximum Gasteiger partial charge on any atom is 0.244 e. The van der Waals surface area contributed by atoms with Crippen molar-refractivity contribution in [3.8, 4) is 0 Å². The zero-order valence-corrected chi connectivity index (χ0v) is 17.6. The molecule has 1 N–H and O–H groups in total. The summed E-state index contributed by atoms with van der Waals surface area (Å²) in [7, 11) is 0. The predicted octanol–water partition coefficient (Wildman–Crippen LogP) is 3.80. The number of fused-ring (bicyclic) bond motifs is 1. The van der Waals surface area contributed by atoms with Crippen LogP contribution in [0.3, 0.4) is 0 Å². The Morgan fingerprint density at radius 3 is 2.93 bits per heavy atom. The minimum atomic E-state index is -0.0229. The van der Waals surface area contributed by atoms with E-state index >= 15 is 0 Å². The maximum absolute atomic E-state index is 12.4. The van der Waals surface area contributed by atoms with Crippen LogP contribution in [0, 0.1) is 18.8 Å². The molecule has 4 heteroatoms. The van der Waals surface area contributed by atoms with Crippen molar-refractivity contribution in [1.29, 1.82) is 0 Å². The lowest BCUT2D eigenvalue weighted by atomic mass is 9.73. The number of rotatable bonds is 6. The van der Waals surface area contributed by atoms with E-state index in [0.717, 1.165) is 38.0 Å². The van der Waals surface area contributed by atoms with Gasteiger partial charge in [-0.2, -0.15) is 0 Å². The van der Waals surface area contributed by atoms with E-state index in [4.69, 9.17) is 4.74 Å². The minimum absolute atomic E-state index is 0.00373. The van der Waals surface area contributed by atoms with E-state index in [2.05, 4.69) is 41.4 Å². The molecule has 2 aromatic carbocycles. The molecule has 30 heavy (non-hydrogen) atoms. The number of nitrogens with one attached hydrogen (secondary N) is 1. The van der Waals surface area contributed by atoms with Crippen LogP contribution in [0.4, 0.5) is 0 Å². The van der Waals surface area contributed by atoms with E-state index < -0.39 is 0 Å². The Balaban J connectivity index is 1.20. The molecule has 156 valence electrons. The topological polar surface area (TPSA) is 41.6 Å². The number of amides is 1. The average molecular weight is 403 g/mol. The molecule has 3 fully saturated rings. The Kier molecular flexibility index (Phi) is 5.21. The number of carbonyl (C=O) groups excluding carboxylic acids is 1. The molecule has 2 bridgehead atoms. The fourth-order valence-corrected chi connectivity index (χ4v) is 5.76. The SMILES string of the molecule is Cc1cccc(CN2C[C@@H]3[C@H](CNC(=O)/C=C/c4ccccc4)[C@H]4CC[C@]3(C2)O4)c1. The van der Waals surface area contributed by atoms with Crippen LogP contribution in [0.1, 0.15) is 29.5 Å². The van der Waals surface area contributed by atoms with Crippen molar-refractivity contribution in [1.82, 2.24) is 10.2 Å². The molecule has 1 spiro atoms. The summed E-state index contributed by atoms with van der Waals surface area (Å²) in [6.07, 6.45) is 6.08. The van der Waals surface area contributed by atoms with Crippen LogP contribution in [-0.2, 0) is 16.1 Å². The van der Waals surface area contributed by atoms with Gasteiger partial charge in [0.05, 0.1) is 11.7 Å². The summed E-state index contributed by atoms with van der Waals surface area (Å²) in [6, 6.07) is 18.7. The fourth-order valence-electron chi connectivity index (χ4n) is 5.76. The molecule has 3 heterocycles. The van der Waals surface area contributed by atoms with Crippen molar-refractivity contribution < 1.29 is 9.53 Å². The van der Waals surface area contributed by atoms with Crippen LogP contribution in [-0.4, -0.2) is 42.1 Å². The van der Waals surface area contributed by atoms with Crippen molar-refractivity contribution in [2.24, 2.45) is 11.8 Å². The molecule has 2 aromatic rings. The van der Waals surface area contributed by atoms with E-state index in [1.165, 1.54) is 11.1 Å². The number of likely N-dealkylation sites (tertiary alicyclic amines) is 1. The van der Waals surface area contributed by atoms with Crippen molar-refractivity contribution in [3.63, 3.8) is 0 Å². The zero-order chi connectivity index (χ0) is 20.6. The van der Waals surface area contributed by atoms with Crippen LogP contribution in [0.25, 0.3) is 6.08 Å². The first-order valence-corrected chi connectivity index (χ1v) is 11.1. The lowest BCUT2D eigenvalue weighted by Gasteiger charge is -2.29. The molecule has 0 radical (unpaired) electrons. The molecular formula is C26H30N2O2. The normalized spacial score (nSPS) is 30.1. The van der Waals surface area contributed by atoms with Crippen molar-refractivity contribution in [3.05, 3.63) is 77.4 Å². The Labute approximate surface area is 178 Å². The van der Waals surface area contributed by atoms with Gasteiger partial charge in [-0.25, -0.2) is 0 Å². The van der Waals surface area contributed by atoms with Crippen LogP contribution in [0.5, 0.6) is 0 Å². The molecule has 5 rings (SSSR count). The third-order valence-corrected chi connectivity index (χ3v) is 7.08. The van der Waals surface area contributed by atoms with E-state index in [-0.39, 0.29) is 11.5 Å². The van der Waals surface area contributed by atoms with Crippen LogP contribution < -0.4 is 5.32 Å². The average Bonchev–Trinajstić information content (AvgIpc) is 3.39. The first kappa shape index (κ1) is 19.5. The number of hydrogen-bond donors (Lipinski definition) is 1. The summed E-state index contributed by atoms with van der Waals surface area (Å²) in [5, 5.41) is 3.14. The van der Waals surface area contributed by atoms with Gasteiger partial charge in [-0.15, -0.1) is 0 Å². The predicted molar refractivity (Wildman–Crippen MR) is 119 cm³/mol. The van der Waals surface area contributed by atoms with Gasteiger partial charge < -0.3 is 10.1 Å². The summed E-state index contributed by atoms with van der Waals surface area (Å²) >= 11 is 0. The summed E-state index contributed by atoms with van der Waals surface area (Å²) in [6.45, 7) is 5.90. The van der Waals surface area contributed by atoms with Gasteiger partial charge in [0, 0.05) is 44.1 Å². The standard InChI is InChI=1S/C26H30N2O2/c1-19-6-5-9-21(14-19)16-28-17-23-22(24-12-13-26(23,18-28)30-24)15-27-25(29)11-10-20-7-3-2-4-8-20/h2-11,14,22-24H,12-13,15-18H2,1H3,(H,27,29)/b11-10+/t22-,23+,24+,26+/m0/s1. The Morgan fingerprint density at radius 1 is 1.23 bits per heavy atom. The number of nitrogens with zero attached hydrogens (tertiary/aromatic N) is 1. The molecule has 0 saturated carbocycles. The van der Waals surface area contributed by atoms with E-state index in [1.807, 2.05) is 36.4 Å². The van der Waals surface area contributed by atoms with E-state index in [1.54, 1.807) is 6.08 Å². The lowest BCUT2D eigenvalue weighted by Crippen LogP contribution is -2.41. The number of ether oxygens (including phenoxy) is 1. The fraction of sp³-hybridized carbons (Fsp3) is 0.423. The summed E-state index contributed by atoms with van der Waals surface area (Å²) < 4.78 is 6.54. The number of aryl methyl sites for hydroxylation is 1. The van der Waals surface area contributed by atoms with Gasteiger partial charge in [-0.05, 0) is 37.0 Å². The summed E-state index contributed by atoms with van der Waals surface area (Å²) in [5.74, 6) is 0.903. The van der Waals surface area contributed by atoms with Crippen LogP contribution in [0.15, 0.2) is 60.7 Å². The summed E-state index contributed by atoms with van der Waals surface area (Å²) in [5.41, 5.74) is 3.73. The lowest BCUT2D eigenvalue weighted by molar-refractivity contribution is -0.116. The molecule has 0 aliphatic carbocycles. The number of carbonyl (C=O) groups is 1. The number of benzene rings is 2. The third-order valence-electron chi connectivity index (χ3n) is 7.08. The van der Waals surface area contributed by atoms with Crippen molar-refractivity contribution >= 4 is 12.0 Å². The molecule has 0 aromatic heterocycles. The monoisotopic (exact) mass is 402 g/mol. The molecule has 3 saturated heterocycles. The molecule has 1 amide bonds. The third kappa shape index (κ3) is 3.82. The molecule has 3 aliphatic rings. The zero-order valence-electron chi connectivity index (χ0n) is 17.6. The van der Waals surface area contributed by atoms with Crippen LogP contribution in [0.2, 0.25) is 0 Å². The molecule has 4 nitrogen and oxygen atoms in total. The largest absolute Gasteiger partial charge is 0.370 e. The smallest absolute Gasteiger partial charge is 0.244 e. The van der Waals surface area contributed by atoms with E-state index in [0.29, 0.717) is 24.5 Å². The van der Waals surface area contributed by atoms with Gasteiger partial charge in [-0.1, -0.05) is 60.2 Å². The Morgan fingerprint density at radius 2 is 2.10 bits per heavy atom. The first-order chi connectivity index (χ1) is 14.6. The van der Waals surface area contributed by atoms with Gasteiger partial charge in [0.2, 0.25) is 5.91 Å². The maximum atomic E-state index is 12.4. The first-order valence-electron chi connectivity index (χ1n) is 11.1. The second-order valence-corrected chi connectivity index (χ2v) is 9.18. The highest BCUT2D eigenvalue weighted by molar-refractivity contribution is 5.91. The van der Waals surface area contributed by atoms with Gasteiger partial charge >= 0.3 is 0 Å². The van der Waals surface area contributed by atoms with Gasteiger partial charge in [0.25, 0.3) is 0 Å². The second-order valence-electron chi connectivity index (χ2n) is 9.18. The molecule has 3 aliphatic heterocycles. The highest BCUT2D eigenvalue weighted by Gasteiger charge is 2.62. The van der Waals surface area contributed by atoms with Crippen LogP contribution >= 0.6 is 0 Å². The molecule has 4 atom stereocenters.